The number of carbonyl (C=O) groups excluding carboxylic acids is 4. The molecule has 0 aromatic rings. The minimum atomic E-state index is -4.99. The molecule has 0 saturated carbocycles. The molecule has 548 valence electrons. The molecule has 0 fully saturated rings. The second kappa shape index (κ2) is 68.7. The van der Waals surface area contributed by atoms with E-state index in [2.05, 4.69) is 143 Å². The Morgan fingerprint density at radius 2 is 0.573 bits per heavy atom. The molecule has 5 atom stereocenters. The van der Waals surface area contributed by atoms with Gasteiger partial charge in [0.1, 0.15) is 19.3 Å². The van der Waals surface area contributed by atoms with Gasteiger partial charge in [-0.2, -0.15) is 0 Å². The van der Waals surface area contributed by atoms with Crippen molar-refractivity contribution in [1.29, 1.82) is 0 Å². The van der Waals surface area contributed by atoms with Gasteiger partial charge >= 0.3 is 39.5 Å². The van der Waals surface area contributed by atoms with E-state index in [9.17, 15) is 43.2 Å². The van der Waals surface area contributed by atoms with Crippen molar-refractivity contribution < 1.29 is 80.2 Å². The molecule has 0 aromatic carbocycles. The number of unbranched alkanes of at least 4 members (excludes halogenated alkanes) is 19. The first-order chi connectivity index (χ1) is 46.7. The fourth-order valence-electron chi connectivity index (χ4n) is 9.10. The Balaban J connectivity index is 5.39. The van der Waals surface area contributed by atoms with Crippen molar-refractivity contribution in [3.63, 3.8) is 0 Å². The van der Waals surface area contributed by atoms with Crippen LogP contribution in [0.2, 0.25) is 0 Å². The lowest BCUT2D eigenvalue weighted by molar-refractivity contribution is -0.161. The predicted molar refractivity (Wildman–Crippen MR) is 390 cm³/mol. The number of esters is 4. The number of phosphoric acid groups is 2. The van der Waals surface area contributed by atoms with Crippen molar-refractivity contribution in [1.82, 2.24) is 0 Å². The second-order valence-corrected chi connectivity index (χ2v) is 26.7. The van der Waals surface area contributed by atoms with Crippen molar-refractivity contribution in [2.24, 2.45) is 0 Å². The highest BCUT2D eigenvalue weighted by Gasteiger charge is 2.30. The van der Waals surface area contributed by atoms with Gasteiger partial charge < -0.3 is 33.8 Å². The first-order valence-electron chi connectivity index (χ1n) is 36.4. The van der Waals surface area contributed by atoms with E-state index in [4.69, 9.17) is 37.0 Å². The summed E-state index contributed by atoms with van der Waals surface area (Å²) >= 11 is 0. The van der Waals surface area contributed by atoms with Gasteiger partial charge in [-0.05, 0) is 122 Å². The van der Waals surface area contributed by atoms with Crippen LogP contribution in [0.5, 0.6) is 0 Å². The molecule has 3 N–H and O–H groups in total. The van der Waals surface area contributed by atoms with Crippen LogP contribution in [0.4, 0.5) is 0 Å². The maximum atomic E-state index is 13.0. The molecule has 0 heterocycles. The van der Waals surface area contributed by atoms with Gasteiger partial charge in [-0.3, -0.25) is 37.3 Å². The van der Waals surface area contributed by atoms with Crippen molar-refractivity contribution in [2.45, 2.75) is 290 Å². The van der Waals surface area contributed by atoms with Gasteiger partial charge in [0.05, 0.1) is 26.4 Å². The number of phosphoric ester groups is 2. The molecule has 17 nitrogen and oxygen atoms in total. The average molecular weight is 1390 g/mol. The summed E-state index contributed by atoms with van der Waals surface area (Å²) in [6.45, 7) is 4.42. The normalized spacial score (nSPS) is 14.8. The minimum absolute atomic E-state index is 0.0313. The Morgan fingerprint density at radius 1 is 0.302 bits per heavy atom. The molecule has 0 aliphatic carbocycles. The van der Waals surface area contributed by atoms with E-state index in [0.29, 0.717) is 32.1 Å². The smallest absolute Gasteiger partial charge is 0.462 e. The summed E-state index contributed by atoms with van der Waals surface area (Å²) in [4.78, 5) is 72.6. The molecule has 0 bridgehead atoms. The summed E-state index contributed by atoms with van der Waals surface area (Å²) in [6.07, 6.45) is 74.9. The van der Waals surface area contributed by atoms with E-state index in [1.807, 2.05) is 18.2 Å². The van der Waals surface area contributed by atoms with Crippen molar-refractivity contribution >= 4 is 39.5 Å². The Labute approximate surface area is 580 Å². The Kier molecular flexibility index (Phi) is 65.3. The van der Waals surface area contributed by atoms with Crippen molar-refractivity contribution in [3.8, 4) is 0 Å². The monoisotopic (exact) mass is 1390 g/mol. The van der Waals surface area contributed by atoms with Gasteiger partial charge in [-0.25, -0.2) is 9.13 Å². The fraction of sp³-hybridized carbons (Fsp3) is 0.662. The molecule has 0 amide bonds. The lowest BCUT2D eigenvalue weighted by Gasteiger charge is -2.21. The predicted octanol–water partition coefficient (Wildman–Crippen LogP) is 20.5. The molecule has 0 saturated heterocycles. The first kappa shape index (κ1) is 91.2. The highest BCUT2D eigenvalue weighted by Crippen LogP contribution is 2.45. The highest BCUT2D eigenvalue weighted by molar-refractivity contribution is 7.47. The van der Waals surface area contributed by atoms with Crippen LogP contribution >= 0.6 is 15.6 Å². The number of carbonyl (C=O) groups is 4. The zero-order valence-corrected chi connectivity index (χ0v) is 61.3. The van der Waals surface area contributed by atoms with E-state index in [1.54, 1.807) is 0 Å². The third-order valence-electron chi connectivity index (χ3n) is 14.6. The van der Waals surface area contributed by atoms with Gasteiger partial charge in [-0.15, -0.1) is 0 Å². The lowest BCUT2D eigenvalue weighted by Crippen LogP contribution is -2.30. The number of allylic oxidation sites excluding steroid dienone is 22. The van der Waals surface area contributed by atoms with Crippen molar-refractivity contribution in [2.75, 3.05) is 39.6 Å². The molecule has 19 heteroatoms. The number of aliphatic hydroxyl groups is 1. The molecular formula is C77H128O17P2. The SMILES string of the molecule is CC/C=C\C/C=C\C/C=C\C/C=C\C/C=C\C/C=C\CCC(=O)OCC(COP(=O)(O)OCC(O)COP(=O)(O)OCC(COC(=O)CCCC/C=C\C/C=C\C/C=C\C/C=C\CC)OC(=O)CCCCCCCCCCCCC)OC(=O)CCCCCCC/C=C\CCCC. The third-order valence-corrected chi connectivity index (χ3v) is 16.5. The standard InChI is InChI=1S/C77H128O17P2/c1-5-9-13-17-21-25-29-31-33-34-35-36-38-40-44-46-50-54-58-62-75(80)88-68-73(94-77(82)64-60-56-52-48-42-28-24-20-16-12-8-4)70-92-96(85,86)90-66-71(78)65-89-95(83,84)91-69-72(93-76(81)63-59-55-51-47-41-27-23-19-15-11-7-3)67-87-74(79)61-57-53-49-45-43-39-37-32-30-26-22-18-14-10-6-2/h9-10,13-14,20-22,24-26,31-33,35-37,40,43-45,50,54,71-73,78H,5-8,11-12,15-19,23,27-30,34,38-39,41-42,46-49,51-53,55-70H2,1-4H3,(H,83,84)(H,85,86)/b13-9-,14-10-,24-20-,25-21-,26-22-,33-31-,36-35-,37-32-,44-40-,45-43-,54-50-. The second-order valence-electron chi connectivity index (χ2n) is 23.8. The zero-order valence-electron chi connectivity index (χ0n) is 59.5. The molecular weight excluding hydrogens is 1260 g/mol. The van der Waals surface area contributed by atoms with E-state index >= 15 is 0 Å². The lowest BCUT2D eigenvalue weighted by atomic mass is 10.1. The van der Waals surface area contributed by atoms with Gasteiger partial charge in [-0.1, -0.05) is 258 Å². The molecule has 0 radical (unpaired) electrons. The van der Waals surface area contributed by atoms with Crippen LogP contribution in [0.1, 0.15) is 272 Å². The minimum Gasteiger partial charge on any atom is -0.462 e. The first-order valence-corrected chi connectivity index (χ1v) is 39.4. The fourth-order valence-corrected chi connectivity index (χ4v) is 10.7. The van der Waals surface area contributed by atoms with E-state index in [0.717, 1.165) is 135 Å². The number of hydrogen-bond donors (Lipinski definition) is 3. The van der Waals surface area contributed by atoms with Crippen LogP contribution in [0.25, 0.3) is 0 Å². The number of ether oxygens (including phenoxy) is 4. The van der Waals surface area contributed by atoms with Crippen LogP contribution in [-0.4, -0.2) is 96.7 Å². The van der Waals surface area contributed by atoms with Gasteiger partial charge in [0.2, 0.25) is 0 Å². The summed E-state index contributed by atoms with van der Waals surface area (Å²) in [5.41, 5.74) is 0. The molecule has 0 spiro atoms. The van der Waals surface area contributed by atoms with Crippen LogP contribution in [0, 0.1) is 0 Å². The summed E-state index contributed by atoms with van der Waals surface area (Å²) in [5, 5.41) is 10.6. The summed E-state index contributed by atoms with van der Waals surface area (Å²) in [6, 6.07) is 0. The molecule has 0 aliphatic heterocycles. The van der Waals surface area contributed by atoms with Crippen LogP contribution in [0.3, 0.4) is 0 Å². The molecule has 0 rings (SSSR count). The van der Waals surface area contributed by atoms with Crippen LogP contribution in [-0.2, 0) is 65.4 Å². The number of aliphatic hydroxyl groups excluding tert-OH is 1. The van der Waals surface area contributed by atoms with E-state index in [1.165, 1.54) is 51.4 Å². The summed E-state index contributed by atoms with van der Waals surface area (Å²) < 4.78 is 68.1. The van der Waals surface area contributed by atoms with E-state index in [-0.39, 0.29) is 25.7 Å². The molecule has 96 heavy (non-hydrogen) atoms. The van der Waals surface area contributed by atoms with Gasteiger partial charge in [0.25, 0.3) is 0 Å². The van der Waals surface area contributed by atoms with Crippen molar-refractivity contribution in [3.05, 3.63) is 134 Å². The highest BCUT2D eigenvalue weighted by atomic mass is 31.2. The number of rotatable bonds is 67. The van der Waals surface area contributed by atoms with Crippen LogP contribution < -0.4 is 0 Å². The Hall–Kier alpha value is -4.80. The molecule has 0 aliphatic rings. The molecule has 5 unspecified atom stereocenters. The Morgan fingerprint density at radius 3 is 0.958 bits per heavy atom. The summed E-state index contributed by atoms with van der Waals surface area (Å²) in [7, 11) is -9.97. The molecule has 0 aromatic heterocycles. The number of hydrogen-bond acceptors (Lipinski definition) is 15. The largest absolute Gasteiger partial charge is 0.472 e. The maximum Gasteiger partial charge on any atom is 0.472 e. The Bertz CT molecular complexity index is 2350. The van der Waals surface area contributed by atoms with Gasteiger partial charge in [0.15, 0.2) is 12.2 Å². The third kappa shape index (κ3) is 67.8. The van der Waals surface area contributed by atoms with E-state index < -0.39 is 97.5 Å². The van der Waals surface area contributed by atoms with Gasteiger partial charge in [0, 0.05) is 25.7 Å². The quantitative estimate of drug-likeness (QED) is 0.0169. The summed E-state index contributed by atoms with van der Waals surface area (Å²) in [5.74, 6) is -2.34. The zero-order chi connectivity index (χ0) is 70.4. The van der Waals surface area contributed by atoms with Crippen LogP contribution in [0.15, 0.2) is 134 Å². The topological polar surface area (TPSA) is 237 Å². The average Bonchev–Trinajstić information content (AvgIpc) is 1.15. The maximum absolute atomic E-state index is 13.0.